The molecule has 0 saturated carbocycles. The number of rotatable bonds is 8. The largest absolute Gasteiger partial charge is 0.496 e. The molecular weight excluding hydrogens is 567 g/mol. The standard InChI is InChI=1S/C38H43FN2O4/c1-24-30(27-13-14-28-23-41(17-15-26(28)19-27)37(43)45-38(3,4)5)9-7-11-32(24)33-12-8-10-31(25(33)2)29-20-35(39)34(22-40-16-18-42)36(21-29)44-6/h7-14,19-21,40,42H,15-18,22-23H2,1-6H3. The summed E-state index contributed by atoms with van der Waals surface area (Å²) in [5.74, 6) is 0.124. The number of fused-ring (bicyclic) bond motifs is 1. The Labute approximate surface area is 265 Å². The number of methoxy groups -OCH3 is 1. The topological polar surface area (TPSA) is 71.0 Å². The maximum absolute atomic E-state index is 15.3. The van der Waals surface area contributed by atoms with E-state index in [2.05, 4.69) is 61.6 Å². The zero-order valence-electron chi connectivity index (χ0n) is 27.1. The lowest BCUT2D eigenvalue weighted by Gasteiger charge is -2.31. The maximum atomic E-state index is 15.3. The molecule has 5 rings (SSSR count). The smallest absolute Gasteiger partial charge is 0.410 e. The Kier molecular flexibility index (Phi) is 9.61. The van der Waals surface area contributed by atoms with E-state index >= 15 is 4.39 Å². The quantitative estimate of drug-likeness (QED) is 0.199. The number of carbonyl (C=O) groups excluding carboxylic acids is 1. The summed E-state index contributed by atoms with van der Waals surface area (Å²) in [4.78, 5) is 14.4. The van der Waals surface area contributed by atoms with E-state index in [0.29, 0.717) is 30.9 Å². The van der Waals surface area contributed by atoms with E-state index < -0.39 is 5.60 Å². The average molecular weight is 611 g/mol. The summed E-state index contributed by atoms with van der Waals surface area (Å²) < 4.78 is 26.5. The number of halogens is 1. The molecule has 6 nitrogen and oxygen atoms in total. The summed E-state index contributed by atoms with van der Waals surface area (Å²) in [6.07, 6.45) is 0.504. The Hall–Kier alpha value is -4.20. The van der Waals surface area contributed by atoms with Crippen LogP contribution < -0.4 is 10.1 Å². The number of hydrogen-bond acceptors (Lipinski definition) is 5. The molecule has 236 valence electrons. The van der Waals surface area contributed by atoms with Gasteiger partial charge >= 0.3 is 6.09 Å². The van der Waals surface area contributed by atoms with Crippen LogP contribution in [-0.2, 0) is 24.2 Å². The lowest BCUT2D eigenvalue weighted by Crippen LogP contribution is -2.39. The number of ether oxygens (including phenoxy) is 2. The molecule has 2 N–H and O–H groups in total. The summed E-state index contributed by atoms with van der Waals surface area (Å²) >= 11 is 0. The molecule has 1 heterocycles. The second-order valence-electron chi connectivity index (χ2n) is 12.6. The van der Waals surface area contributed by atoms with E-state index in [9.17, 15) is 4.79 Å². The monoisotopic (exact) mass is 610 g/mol. The fraction of sp³-hybridized carbons (Fsp3) is 0.342. The number of nitrogens with zero attached hydrogens (tertiary/aromatic N) is 1. The SMILES string of the molecule is COc1cc(-c2cccc(-c3cccc(-c4ccc5c(c4)CCN(C(=O)OC(C)(C)C)C5)c3C)c2C)cc(F)c1CNCCO. The van der Waals surface area contributed by atoms with Gasteiger partial charge in [0.05, 0.1) is 13.7 Å². The predicted octanol–water partition coefficient (Wildman–Crippen LogP) is 7.83. The van der Waals surface area contributed by atoms with Crippen molar-refractivity contribution in [3.63, 3.8) is 0 Å². The van der Waals surface area contributed by atoms with Gasteiger partial charge in [0.15, 0.2) is 0 Å². The Morgan fingerprint density at radius 1 is 0.911 bits per heavy atom. The molecule has 0 bridgehead atoms. The molecule has 0 spiro atoms. The molecule has 7 heteroatoms. The van der Waals surface area contributed by atoms with Gasteiger partial charge in [-0.25, -0.2) is 9.18 Å². The van der Waals surface area contributed by atoms with E-state index in [-0.39, 0.29) is 25.1 Å². The fourth-order valence-electron chi connectivity index (χ4n) is 6.10. The molecule has 0 aromatic heterocycles. The fourth-order valence-corrected chi connectivity index (χ4v) is 6.10. The molecular formula is C38H43FN2O4. The van der Waals surface area contributed by atoms with E-state index in [0.717, 1.165) is 56.5 Å². The molecule has 0 unspecified atom stereocenters. The van der Waals surface area contributed by atoms with Gasteiger partial charge in [0.25, 0.3) is 0 Å². The van der Waals surface area contributed by atoms with Gasteiger partial charge in [-0.2, -0.15) is 0 Å². The van der Waals surface area contributed by atoms with E-state index in [1.54, 1.807) is 18.1 Å². The van der Waals surface area contributed by atoms with Crippen molar-refractivity contribution in [2.24, 2.45) is 0 Å². The molecule has 0 atom stereocenters. The number of hydrogen-bond donors (Lipinski definition) is 2. The van der Waals surface area contributed by atoms with E-state index in [1.807, 2.05) is 39.0 Å². The van der Waals surface area contributed by atoms with Crippen molar-refractivity contribution in [1.82, 2.24) is 10.2 Å². The van der Waals surface area contributed by atoms with Crippen molar-refractivity contribution in [3.05, 3.63) is 100 Å². The summed E-state index contributed by atoms with van der Waals surface area (Å²) in [5, 5.41) is 12.1. The first-order valence-corrected chi connectivity index (χ1v) is 15.5. The van der Waals surface area contributed by atoms with Crippen molar-refractivity contribution in [2.45, 2.75) is 59.7 Å². The summed E-state index contributed by atoms with van der Waals surface area (Å²) in [5.41, 5.74) is 10.7. The average Bonchev–Trinajstić information content (AvgIpc) is 3.01. The van der Waals surface area contributed by atoms with Gasteiger partial charge in [-0.15, -0.1) is 0 Å². The number of aliphatic hydroxyl groups is 1. The summed E-state index contributed by atoms with van der Waals surface area (Å²) in [7, 11) is 1.55. The van der Waals surface area contributed by atoms with Gasteiger partial charge in [0.1, 0.15) is 17.2 Å². The zero-order chi connectivity index (χ0) is 32.3. The van der Waals surface area contributed by atoms with Gasteiger partial charge in [-0.3, -0.25) is 0 Å². The van der Waals surface area contributed by atoms with E-state index in [1.165, 1.54) is 5.56 Å². The minimum Gasteiger partial charge on any atom is -0.496 e. The second-order valence-corrected chi connectivity index (χ2v) is 12.6. The zero-order valence-corrected chi connectivity index (χ0v) is 27.1. The number of benzene rings is 4. The van der Waals surface area contributed by atoms with Crippen LogP contribution in [-0.4, -0.2) is 48.5 Å². The Bertz CT molecular complexity index is 1710. The maximum Gasteiger partial charge on any atom is 0.410 e. The third-order valence-electron chi connectivity index (χ3n) is 8.41. The highest BCUT2D eigenvalue weighted by atomic mass is 19.1. The first-order chi connectivity index (χ1) is 21.5. The molecule has 45 heavy (non-hydrogen) atoms. The molecule has 1 amide bonds. The van der Waals surface area contributed by atoms with E-state index in [4.69, 9.17) is 14.6 Å². The number of amides is 1. The van der Waals surface area contributed by atoms with Crippen LogP contribution >= 0.6 is 0 Å². The predicted molar refractivity (Wildman–Crippen MR) is 178 cm³/mol. The van der Waals surface area contributed by atoms with Crippen molar-refractivity contribution >= 4 is 6.09 Å². The third kappa shape index (κ3) is 7.05. The summed E-state index contributed by atoms with van der Waals surface area (Å²) in [6, 6.07) is 22.5. The molecule has 0 saturated heterocycles. The highest BCUT2D eigenvalue weighted by Gasteiger charge is 2.26. The molecule has 4 aromatic carbocycles. The van der Waals surface area contributed by atoms with Crippen LogP contribution in [0.25, 0.3) is 33.4 Å². The van der Waals surface area contributed by atoms with Gasteiger partial charge in [0, 0.05) is 31.7 Å². The van der Waals surface area contributed by atoms with Crippen LogP contribution in [0.2, 0.25) is 0 Å². The molecule has 0 aliphatic carbocycles. The van der Waals surface area contributed by atoms with Crippen molar-refractivity contribution < 1.29 is 23.8 Å². The lowest BCUT2D eigenvalue weighted by atomic mass is 9.87. The van der Waals surface area contributed by atoms with Crippen LogP contribution in [0, 0.1) is 19.7 Å². The van der Waals surface area contributed by atoms with Crippen molar-refractivity contribution in [3.8, 4) is 39.1 Å². The third-order valence-corrected chi connectivity index (χ3v) is 8.41. The van der Waals surface area contributed by atoms with Crippen LogP contribution in [0.1, 0.15) is 48.6 Å². The highest BCUT2D eigenvalue weighted by Crippen LogP contribution is 2.39. The normalized spacial score (nSPS) is 13.0. The van der Waals surface area contributed by atoms with Crippen LogP contribution in [0.4, 0.5) is 9.18 Å². The molecule has 1 aliphatic heterocycles. The molecule has 0 fully saturated rings. The van der Waals surface area contributed by atoms with Crippen LogP contribution in [0.3, 0.4) is 0 Å². The van der Waals surface area contributed by atoms with Crippen LogP contribution in [0.5, 0.6) is 5.75 Å². The Morgan fingerprint density at radius 2 is 1.56 bits per heavy atom. The molecule has 4 aromatic rings. The summed E-state index contributed by atoms with van der Waals surface area (Å²) in [6.45, 7) is 11.7. The van der Waals surface area contributed by atoms with Gasteiger partial charge in [0.2, 0.25) is 0 Å². The Balaban J connectivity index is 1.45. The van der Waals surface area contributed by atoms with Crippen molar-refractivity contribution in [1.29, 1.82) is 0 Å². The van der Waals surface area contributed by atoms with Crippen LogP contribution in [0.15, 0.2) is 66.7 Å². The Morgan fingerprint density at radius 3 is 2.18 bits per heavy atom. The number of aliphatic hydroxyl groups excluding tert-OH is 1. The second kappa shape index (κ2) is 13.4. The minimum atomic E-state index is -0.520. The highest BCUT2D eigenvalue weighted by molar-refractivity contribution is 5.84. The van der Waals surface area contributed by atoms with Gasteiger partial charge < -0.3 is 24.8 Å². The molecule has 1 aliphatic rings. The first kappa shape index (κ1) is 32.2. The lowest BCUT2D eigenvalue weighted by molar-refractivity contribution is 0.0224. The van der Waals surface area contributed by atoms with Gasteiger partial charge in [-0.1, -0.05) is 54.6 Å². The first-order valence-electron chi connectivity index (χ1n) is 15.5. The minimum absolute atomic E-state index is 0.0182. The molecule has 0 radical (unpaired) electrons. The number of nitrogens with one attached hydrogen (secondary N) is 1. The van der Waals surface area contributed by atoms with Crippen molar-refractivity contribution in [2.75, 3.05) is 26.8 Å². The number of carbonyl (C=O) groups is 1. The van der Waals surface area contributed by atoms with Gasteiger partial charge in [-0.05, 0) is 109 Å².